The van der Waals surface area contributed by atoms with Gasteiger partial charge in [-0.1, -0.05) is 24.6 Å². The molecule has 2 aliphatic rings. The average molecular weight is 626 g/mol. The van der Waals surface area contributed by atoms with E-state index < -0.39 is 0 Å². The second-order valence-corrected chi connectivity index (χ2v) is 11.8. The summed E-state index contributed by atoms with van der Waals surface area (Å²) in [6.45, 7) is 4.31. The van der Waals surface area contributed by atoms with E-state index in [0.29, 0.717) is 26.1 Å². The summed E-state index contributed by atoms with van der Waals surface area (Å²) >= 11 is 16.2. The summed E-state index contributed by atoms with van der Waals surface area (Å²) in [6, 6.07) is 19.8. The van der Waals surface area contributed by atoms with Crippen molar-refractivity contribution < 1.29 is 8.81 Å². The Morgan fingerprint density at radius 1 is 1.08 bits per heavy atom. The molecule has 0 saturated carbocycles. The number of nitrogens with one attached hydrogen (secondary N) is 1. The van der Waals surface area contributed by atoms with Crippen molar-refractivity contribution in [1.29, 1.82) is 0 Å². The Bertz CT molecular complexity index is 1510. The number of anilines is 2. The van der Waals surface area contributed by atoms with Gasteiger partial charge in [0.15, 0.2) is 5.11 Å². The molecule has 9 heteroatoms. The molecule has 39 heavy (non-hydrogen) atoms. The van der Waals surface area contributed by atoms with Crippen molar-refractivity contribution in [2.75, 3.05) is 22.9 Å². The molecule has 0 radical (unpaired) electrons. The maximum Gasteiger partial charge on any atom is 0.174 e. The van der Waals surface area contributed by atoms with Gasteiger partial charge in [-0.2, -0.15) is 0 Å². The molecule has 2 saturated heterocycles. The van der Waals surface area contributed by atoms with Crippen LogP contribution in [0, 0.1) is 11.7 Å². The van der Waals surface area contributed by atoms with Gasteiger partial charge >= 0.3 is 0 Å². The Labute approximate surface area is 246 Å². The van der Waals surface area contributed by atoms with E-state index in [-0.39, 0.29) is 17.9 Å². The number of aromatic nitrogens is 1. The Kier molecular flexibility index (Phi) is 7.35. The molecule has 0 aliphatic carbocycles. The highest BCUT2D eigenvalue weighted by molar-refractivity contribution is 9.10. The summed E-state index contributed by atoms with van der Waals surface area (Å²) in [7, 11) is 0. The zero-order chi connectivity index (χ0) is 27.1. The SMILES string of the molecule is CC1CCN(c2ccc(N3C(=S)NC(c4ccccn4)C3c3ccc(-c4ccc(F)cc4Br)o3)cc2Cl)CC1. The Balaban J connectivity index is 1.38. The second kappa shape index (κ2) is 10.9. The minimum Gasteiger partial charge on any atom is -0.459 e. The standard InChI is InChI=1S/C30H27BrClFN4OS/c1-18-11-14-36(15-12-18)25-8-6-20(17-23(25)32)37-29(28(35-30(37)39)24-4-2-3-13-34-24)27-10-9-26(38-27)21-7-5-19(33)16-22(21)31/h2-10,13,16-18,28-29H,11-12,14-15H2,1H3,(H,35,39). The van der Waals surface area contributed by atoms with Crippen LogP contribution in [0.3, 0.4) is 0 Å². The summed E-state index contributed by atoms with van der Waals surface area (Å²) in [6.07, 6.45) is 4.10. The van der Waals surface area contributed by atoms with Gasteiger partial charge in [-0.15, -0.1) is 0 Å². The van der Waals surface area contributed by atoms with E-state index in [1.54, 1.807) is 12.3 Å². The molecule has 1 N–H and O–H groups in total. The van der Waals surface area contributed by atoms with Gasteiger partial charge in [0.25, 0.3) is 0 Å². The molecule has 200 valence electrons. The lowest BCUT2D eigenvalue weighted by Gasteiger charge is -2.33. The molecule has 2 aliphatic heterocycles. The monoisotopic (exact) mass is 624 g/mol. The number of furan rings is 1. The van der Waals surface area contributed by atoms with Crippen LogP contribution < -0.4 is 15.1 Å². The highest BCUT2D eigenvalue weighted by Crippen LogP contribution is 2.45. The first-order chi connectivity index (χ1) is 18.9. The quantitative estimate of drug-likeness (QED) is 0.225. The molecule has 4 aromatic rings. The fourth-order valence-electron chi connectivity index (χ4n) is 5.42. The molecule has 2 fully saturated rings. The Hall–Kier alpha value is -2.94. The summed E-state index contributed by atoms with van der Waals surface area (Å²) in [5, 5.41) is 4.72. The van der Waals surface area contributed by atoms with Crippen LogP contribution in [0.4, 0.5) is 15.8 Å². The topological polar surface area (TPSA) is 44.5 Å². The fourth-order valence-corrected chi connectivity index (χ4v) is 6.61. The number of nitrogens with zero attached hydrogens (tertiary/aromatic N) is 3. The predicted molar refractivity (Wildman–Crippen MR) is 162 cm³/mol. The zero-order valence-electron chi connectivity index (χ0n) is 21.3. The van der Waals surface area contributed by atoms with Crippen LogP contribution in [0.15, 0.2) is 81.8 Å². The van der Waals surface area contributed by atoms with Gasteiger partial charge in [-0.3, -0.25) is 4.98 Å². The number of pyridine rings is 1. The number of hydrogen-bond donors (Lipinski definition) is 1. The summed E-state index contributed by atoms with van der Waals surface area (Å²) in [4.78, 5) is 9.02. The van der Waals surface area contributed by atoms with E-state index in [9.17, 15) is 4.39 Å². The predicted octanol–water partition coefficient (Wildman–Crippen LogP) is 8.31. The molecule has 6 rings (SSSR count). The molecule has 0 amide bonds. The lowest BCUT2D eigenvalue weighted by atomic mass is 9.98. The minimum atomic E-state index is -0.321. The third-order valence-corrected chi connectivity index (χ3v) is 8.82. The molecule has 0 spiro atoms. The Morgan fingerprint density at radius 3 is 2.62 bits per heavy atom. The van der Waals surface area contributed by atoms with E-state index in [4.69, 9.17) is 28.2 Å². The zero-order valence-corrected chi connectivity index (χ0v) is 24.4. The van der Waals surface area contributed by atoms with Crippen LogP contribution in [0.2, 0.25) is 5.02 Å². The molecule has 2 atom stereocenters. The van der Waals surface area contributed by atoms with Crippen molar-refractivity contribution >= 4 is 56.2 Å². The number of piperidine rings is 1. The first-order valence-corrected chi connectivity index (χ1v) is 14.6. The van der Waals surface area contributed by atoms with Crippen molar-refractivity contribution in [2.45, 2.75) is 31.8 Å². The highest BCUT2D eigenvalue weighted by Gasteiger charge is 2.43. The minimum absolute atomic E-state index is 0.253. The van der Waals surface area contributed by atoms with Crippen LogP contribution in [0.1, 0.15) is 43.3 Å². The van der Waals surface area contributed by atoms with E-state index in [1.165, 1.54) is 12.1 Å². The lowest BCUT2D eigenvalue weighted by Crippen LogP contribution is -2.33. The van der Waals surface area contributed by atoms with Crippen molar-refractivity contribution in [3.63, 3.8) is 0 Å². The van der Waals surface area contributed by atoms with Crippen LogP contribution in [0.5, 0.6) is 0 Å². The van der Waals surface area contributed by atoms with Crippen molar-refractivity contribution in [3.8, 4) is 11.3 Å². The molecule has 0 bridgehead atoms. The van der Waals surface area contributed by atoms with Crippen LogP contribution >= 0.6 is 39.7 Å². The first kappa shape index (κ1) is 26.3. The number of hydrogen-bond acceptors (Lipinski definition) is 4. The molecular weight excluding hydrogens is 599 g/mol. The second-order valence-electron chi connectivity index (χ2n) is 10.1. The molecule has 4 heterocycles. The van der Waals surface area contributed by atoms with Gasteiger partial charge < -0.3 is 19.5 Å². The van der Waals surface area contributed by atoms with E-state index in [1.807, 2.05) is 41.3 Å². The molecular formula is C30H27BrClFN4OS. The molecule has 5 nitrogen and oxygen atoms in total. The third-order valence-electron chi connectivity index (χ3n) is 7.55. The number of halogens is 3. The average Bonchev–Trinajstić information content (AvgIpc) is 3.54. The van der Waals surface area contributed by atoms with Crippen molar-refractivity contribution in [3.05, 3.63) is 99.7 Å². The Morgan fingerprint density at radius 2 is 1.90 bits per heavy atom. The summed E-state index contributed by atoms with van der Waals surface area (Å²) < 4.78 is 20.8. The highest BCUT2D eigenvalue weighted by atomic mass is 79.9. The number of rotatable bonds is 5. The van der Waals surface area contributed by atoms with Crippen LogP contribution in [-0.4, -0.2) is 23.2 Å². The van der Waals surface area contributed by atoms with E-state index in [2.05, 4.69) is 50.2 Å². The summed E-state index contributed by atoms with van der Waals surface area (Å²) in [5.41, 5.74) is 3.53. The van der Waals surface area contributed by atoms with Gasteiger partial charge in [0.2, 0.25) is 0 Å². The summed E-state index contributed by atoms with van der Waals surface area (Å²) in [5.74, 6) is 1.76. The van der Waals surface area contributed by atoms with E-state index >= 15 is 0 Å². The number of benzene rings is 2. The third kappa shape index (κ3) is 5.17. The normalized spacial score (nSPS) is 19.9. The number of thiocarbonyl (C=S) groups is 1. The first-order valence-electron chi connectivity index (χ1n) is 13.0. The smallest absolute Gasteiger partial charge is 0.174 e. The fraction of sp³-hybridized carbons (Fsp3) is 0.267. The molecule has 2 aromatic carbocycles. The van der Waals surface area contributed by atoms with Gasteiger partial charge in [0.1, 0.15) is 23.4 Å². The van der Waals surface area contributed by atoms with E-state index in [0.717, 1.165) is 54.5 Å². The van der Waals surface area contributed by atoms with Crippen LogP contribution in [-0.2, 0) is 0 Å². The largest absolute Gasteiger partial charge is 0.459 e. The van der Waals surface area contributed by atoms with Crippen molar-refractivity contribution in [1.82, 2.24) is 10.3 Å². The maximum absolute atomic E-state index is 13.7. The van der Waals surface area contributed by atoms with Gasteiger partial charge in [-0.25, -0.2) is 4.39 Å². The maximum atomic E-state index is 13.7. The molecule has 2 aromatic heterocycles. The van der Waals surface area contributed by atoms with Gasteiger partial charge in [0, 0.05) is 35.0 Å². The van der Waals surface area contributed by atoms with Gasteiger partial charge in [0.05, 0.1) is 22.4 Å². The van der Waals surface area contributed by atoms with Crippen LogP contribution in [0.25, 0.3) is 11.3 Å². The lowest BCUT2D eigenvalue weighted by molar-refractivity contribution is 0.438. The van der Waals surface area contributed by atoms with Crippen molar-refractivity contribution in [2.24, 2.45) is 5.92 Å². The molecule has 2 unspecified atom stereocenters. The van der Waals surface area contributed by atoms with Gasteiger partial charge in [-0.05, 0) is 108 Å².